The first-order valence-electron chi connectivity index (χ1n) is 6.70. The van der Waals surface area contributed by atoms with Crippen LogP contribution < -0.4 is 5.32 Å². The average molecular weight is 262 g/mol. The first-order chi connectivity index (χ1) is 8.94. The van der Waals surface area contributed by atoms with E-state index in [9.17, 15) is 4.79 Å². The van der Waals surface area contributed by atoms with Crippen LogP contribution in [0.2, 0.25) is 0 Å². The number of hydrogen-bond donors (Lipinski definition) is 2. The Morgan fingerprint density at radius 1 is 1.42 bits per heavy atom. The number of carboxylic acids is 1. The normalized spacial score (nSPS) is 23.2. The molecule has 0 aromatic heterocycles. The van der Waals surface area contributed by atoms with Gasteiger partial charge in [0.25, 0.3) is 0 Å². The van der Waals surface area contributed by atoms with E-state index in [2.05, 4.69) is 36.2 Å². The lowest BCUT2D eigenvalue weighted by Crippen LogP contribution is -2.62. The van der Waals surface area contributed by atoms with Gasteiger partial charge in [-0.15, -0.1) is 0 Å². The smallest absolute Gasteiger partial charge is 0.304 e. The molecule has 104 valence electrons. The summed E-state index contributed by atoms with van der Waals surface area (Å²) in [5, 5.41) is 12.4. The second kappa shape index (κ2) is 5.72. The zero-order valence-electron chi connectivity index (χ0n) is 11.6. The van der Waals surface area contributed by atoms with Crippen LogP contribution in [-0.4, -0.2) is 40.6 Å². The van der Waals surface area contributed by atoms with Crippen molar-refractivity contribution in [1.82, 2.24) is 10.2 Å². The third-order valence-corrected chi connectivity index (χ3v) is 3.36. The number of piperazine rings is 1. The molecule has 1 aromatic rings. The van der Waals surface area contributed by atoms with Gasteiger partial charge in [-0.25, -0.2) is 0 Å². The summed E-state index contributed by atoms with van der Waals surface area (Å²) < 4.78 is 0. The number of rotatable bonds is 4. The molecule has 2 N–H and O–H groups in total. The Hall–Kier alpha value is -1.39. The number of carbonyl (C=O) groups is 1. The largest absolute Gasteiger partial charge is 0.481 e. The van der Waals surface area contributed by atoms with Crippen LogP contribution in [0.5, 0.6) is 0 Å². The standard InChI is InChI=1S/C15H22N2O2/c1-15(2)11-17(9-12-6-4-3-5-7-12)10-13(16-15)8-14(18)19/h3-7,13,16H,8-11H2,1-2H3,(H,18,19). The quantitative estimate of drug-likeness (QED) is 0.867. The molecule has 1 aliphatic rings. The summed E-state index contributed by atoms with van der Waals surface area (Å²) in [6.45, 7) is 6.84. The van der Waals surface area contributed by atoms with Gasteiger partial charge in [-0.2, -0.15) is 0 Å². The van der Waals surface area contributed by atoms with E-state index >= 15 is 0 Å². The first kappa shape index (κ1) is 14.0. The molecule has 0 bridgehead atoms. The van der Waals surface area contributed by atoms with Crippen molar-refractivity contribution < 1.29 is 9.90 Å². The van der Waals surface area contributed by atoms with Crippen LogP contribution in [0, 0.1) is 0 Å². The molecule has 0 aliphatic carbocycles. The second-order valence-electron chi connectivity index (χ2n) is 5.98. The first-order valence-corrected chi connectivity index (χ1v) is 6.70. The van der Waals surface area contributed by atoms with Gasteiger partial charge in [0.15, 0.2) is 0 Å². The molecule has 19 heavy (non-hydrogen) atoms. The van der Waals surface area contributed by atoms with Crippen molar-refractivity contribution in [2.45, 2.75) is 38.4 Å². The molecule has 1 fully saturated rings. The number of aliphatic carboxylic acids is 1. The van der Waals surface area contributed by atoms with Crippen molar-refractivity contribution in [2.75, 3.05) is 13.1 Å². The number of hydrogen-bond acceptors (Lipinski definition) is 3. The predicted octanol–water partition coefficient (Wildman–Crippen LogP) is 1.71. The molecule has 2 rings (SSSR count). The Labute approximate surface area is 114 Å². The number of benzene rings is 1. The van der Waals surface area contributed by atoms with Crippen LogP contribution in [0.3, 0.4) is 0 Å². The van der Waals surface area contributed by atoms with E-state index in [4.69, 9.17) is 5.11 Å². The molecule has 4 nitrogen and oxygen atoms in total. The third-order valence-electron chi connectivity index (χ3n) is 3.36. The molecule has 0 saturated carbocycles. The van der Waals surface area contributed by atoms with E-state index in [1.165, 1.54) is 5.56 Å². The summed E-state index contributed by atoms with van der Waals surface area (Å²) in [6.07, 6.45) is 0.175. The van der Waals surface area contributed by atoms with Crippen LogP contribution in [0.15, 0.2) is 30.3 Å². The molecule has 4 heteroatoms. The van der Waals surface area contributed by atoms with E-state index in [1.54, 1.807) is 0 Å². The van der Waals surface area contributed by atoms with Crippen molar-refractivity contribution in [3.63, 3.8) is 0 Å². The van der Waals surface area contributed by atoms with Crippen molar-refractivity contribution in [1.29, 1.82) is 0 Å². The maximum atomic E-state index is 10.9. The minimum absolute atomic E-state index is 0.0185. The summed E-state index contributed by atoms with van der Waals surface area (Å²) in [4.78, 5) is 13.2. The van der Waals surface area contributed by atoms with Gasteiger partial charge in [0.2, 0.25) is 0 Å². The number of nitrogens with zero attached hydrogens (tertiary/aromatic N) is 1. The fourth-order valence-corrected chi connectivity index (χ4v) is 2.87. The highest BCUT2D eigenvalue weighted by Crippen LogP contribution is 2.18. The number of carboxylic acid groups (broad SMARTS) is 1. The highest BCUT2D eigenvalue weighted by Gasteiger charge is 2.32. The lowest BCUT2D eigenvalue weighted by atomic mass is 9.96. The van der Waals surface area contributed by atoms with E-state index in [-0.39, 0.29) is 18.0 Å². The topological polar surface area (TPSA) is 52.6 Å². The van der Waals surface area contributed by atoms with Gasteiger partial charge in [-0.3, -0.25) is 9.69 Å². The van der Waals surface area contributed by atoms with E-state index in [0.29, 0.717) is 0 Å². The minimum Gasteiger partial charge on any atom is -0.481 e. The van der Waals surface area contributed by atoms with Gasteiger partial charge in [-0.05, 0) is 19.4 Å². The van der Waals surface area contributed by atoms with Gasteiger partial charge < -0.3 is 10.4 Å². The molecular weight excluding hydrogens is 240 g/mol. The fourth-order valence-electron chi connectivity index (χ4n) is 2.87. The van der Waals surface area contributed by atoms with Gasteiger partial charge in [0.1, 0.15) is 0 Å². The third kappa shape index (κ3) is 4.33. The molecule has 0 amide bonds. The summed E-state index contributed by atoms with van der Waals surface area (Å²) in [6, 6.07) is 10.3. The Kier molecular flexibility index (Phi) is 4.22. The maximum absolute atomic E-state index is 10.9. The summed E-state index contributed by atoms with van der Waals surface area (Å²) in [7, 11) is 0. The van der Waals surface area contributed by atoms with Crippen molar-refractivity contribution in [3.05, 3.63) is 35.9 Å². The Bertz CT molecular complexity index is 431. The molecule has 0 spiro atoms. The molecule has 1 unspecified atom stereocenters. The van der Waals surface area contributed by atoms with E-state index < -0.39 is 5.97 Å². The van der Waals surface area contributed by atoms with Crippen LogP contribution >= 0.6 is 0 Å². The van der Waals surface area contributed by atoms with Gasteiger partial charge in [-0.1, -0.05) is 30.3 Å². The monoisotopic (exact) mass is 262 g/mol. The zero-order valence-corrected chi connectivity index (χ0v) is 11.6. The van der Waals surface area contributed by atoms with E-state index in [0.717, 1.165) is 19.6 Å². The van der Waals surface area contributed by atoms with Gasteiger partial charge in [0, 0.05) is 31.2 Å². The summed E-state index contributed by atoms with van der Waals surface area (Å²) >= 11 is 0. The van der Waals surface area contributed by atoms with Crippen LogP contribution in [0.4, 0.5) is 0 Å². The molecule has 1 aromatic carbocycles. The van der Waals surface area contributed by atoms with Crippen LogP contribution in [-0.2, 0) is 11.3 Å². The van der Waals surface area contributed by atoms with Gasteiger partial charge in [0.05, 0.1) is 6.42 Å². The second-order valence-corrected chi connectivity index (χ2v) is 5.98. The molecule has 1 aliphatic heterocycles. The molecule has 0 radical (unpaired) electrons. The highest BCUT2D eigenvalue weighted by molar-refractivity contribution is 5.67. The van der Waals surface area contributed by atoms with Crippen molar-refractivity contribution in [3.8, 4) is 0 Å². The highest BCUT2D eigenvalue weighted by atomic mass is 16.4. The van der Waals surface area contributed by atoms with Crippen molar-refractivity contribution >= 4 is 5.97 Å². The van der Waals surface area contributed by atoms with Crippen LogP contribution in [0.1, 0.15) is 25.8 Å². The van der Waals surface area contributed by atoms with Crippen molar-refractivity contribution in [2.24, 2.45) is 0 Å². The Morgan fingerprint density at radius 3 is 2.74 bits per heavy atom. The zero-order chi connectivity index (χ0) is 13.9. The van der Waals surface area contributed by atoms with Crippen LogP contribution in [0.25, 0.3) is 0 Å². The molecule has 1 atom stereocenters. The minimum atomic E-state index is -0.741. The molecule has 1 heterocycles. The Balaban J connectivity index is 2.01. The summed E-state index contributed by atoms with van der Waals surface area (Å²) in [5.41, 5.74) is 1.22. The average Bonchev–Trinajstić information content (AvgIpc) is 2.26. The SMILES string of the molecule is CC1(C)CN(Cc2ccccc2)CC(CC(=O)O)N1. The fraction of sp³-hybridized carbons (Fsp3) is 0.533. The maximum Gasteiger partial charge on any atom is 0.304 e. The van der Waals surface area contributed by atoms with Gasteiger partial charge >= 0.3 is 5.97 Å². The summed E-state index contributed by atoms with van der Waals surface area (Å²) in [5.74, 6) is -0.741. The lowest BCUT2D eigenvalue weighted by molar-refractivity contribution is -0.138. The molecular formula is C15H22N2O2. The Morgan fingerprint density at radius 2 is 2.11 bits per heavy atom. The van der Waals surface area contributed by atoms with E-state index in [1.807, 2.05) is 18.2 Å². The predicted molar refractivity (Wildman–Crippen MR) is 75.0 cm³/mol. The molecule has 1 saturated heterocycles. The number of nitrogens with one attached hydrogen (secondary N) is 1. The lowest BCUT2D eigenvalue weighted by Gasteiger charge is -2.43.